The molecule has 0 unspecified atom stereocenters. The first-order valence-electron chi connectivity index (χ1n) is 6.93. The van der Waals surface area contributed by atoms with Crippen LogP contribution < -0.4 is 0 Å². The van der Waals surface area contributed by atoms with E-state index in [0.717, 1.165) is 27.9 Å². The minimum Gasteiger partial charge on any atom is -0.256 e. The summed E-state index contributed by atoms with van der Waals surface area (Å²) in [7, 11) is 0. The van der Waals surface area contributed by atoms with Gasteiger partial charge in [-0.1, -0.05) is 42.0 Å². The zero-order valence-electron chi connectivity index (χ0n) is 12.1. The lowest BCUT2D eigenvalue weighted by molar-refractivity contribution is 0.628. The van der Waals surface area contributed by atoms with E-state index in [1.54, 1.807) is 12.1 Å². The number of aryl methyl sites for hydroxylation is 2. The van der Waals surface area contributed by atoms with Gasteiger partial charge in [0.2, 0.25) is 0 Å². The van der Waals surface area contributed by atoms with E-state index in [0.29, 0.717) is 0 Å². The molecule has 0 bridgehead atoms. The van der Waals surface area contributed by atoms with Crippen LogP contribution >= 0.6 is 0 Å². The van der Waals surface area contributed by atoms with Crippen LogP contribution in [0.1, 0.15) is 11.1 Å². The van der Waals surface area contributed by atoms with Crippen molar-refractivity contribution >= 4 is 0 Å². The number of halogens is 1. The van der Waals surface area contributed by atoms with Crippen LogP contribution in [0.25, 0.3) is 22.4 Å². The second-order valence-corrected chi connectivity index (χ2v) is 5.26. The van der Waals surface area contributed by atoms with Gasteiger partial charge < -0.3 is 0 Å². The van der Waals surface area contributed by atoms with E-state index in [9.17, 15) is 4.39 Å². The van der Waals surface area contributed by atoms with Crippen molar-refractivity contribution in [3.8, 4) is 22.4 Å². The van der Waals surface area contributed by atoms with Crippen molar-refractivity contribution in [1.82, 2.24) is 4.98 Å². The second-order valence-electron chi connectivity index (χ2n) is 5.26. The number of hydrogen-bond donors (Lipinski definition) is 0. The fourth-order valence-electron chi connectivity index (χ4n) is 2.37. The van der Waals surface area contributed by atoms with Gasteiger partial charge in [-0.3, -0.25) is 4.98 Å². The lowest BCUT2D eigenvalue weighted by Gasteiger charge is -2.08. The molecular weight excluding hydrogens is 261 g/mol. The van der Waals surface area contributed by atoms with Gasteiger partial charge in [0.05, 0.1) is 5.69 Å². The monoisotopic (exact) mass is 277 g/mol. The molecule has 0 aliphatic heterocycles. The Bertz CT molecular complexity index is 759. The molecule has 0 saturated heterocycles. The van der Waals surface area contributed by atoms with Gasteiger partial charge in [0.25, 0.3) is 0 Å². The van der Waals surface area contributed by atoms with Crippen LogP contribution in [0.3, 0.4) is 0 Å². The Morgan fingerprint density at radius 2 is 1.43 bits per heavy atom. The van der Waals surface area contributed by atoms with E-state index >= 15 is 0 Å². The molecule has 0 aliphatic carbocycles. The third-order valence-corrected chi connectivity index (χ3v) is 3.61. The van der Waals surface area contributed by atoms with Crippen molar-refractivity contribution in [2.45, 2.75) is 13.8 Å². The standard InChI is InChI=1S/C19H16FN/c1-13-3-5-16(6-4-13)19-11-14(2)18(12-21-19)15-7-9-17(20)10-8-15/h3-12H,1-2H3. The summed E-state index contributed by atoms with van der Waals surface area (Å²) in [5.41, 5.74) is 6.45. The van der Waals surface area contributed by atoms with Gasteiger partial charge in [-0.2, -0.15) is 0 Å². The molecule has 0 amide bonds. The van der Waals surface area contributed by atoms with Crippen molar-refractivity contribution in [3.63, 3.8) is 0 Å². The number of aromatic nitrogens is 1. The van der Waals surface area contributed by atoms with E-state index in [1.807, 2.05) is 6.20 Å². The average molecular weight is 277 g/mol. The zero-order valence-corrected chi connectivity index (χ0v) is 12.1. The summed E-state index contributed by atoms with van der Waals surface area (Å²) in [4.78, 5) is 4.54. The van der Waals surface area contributed by atoms with E-state index in [2.05, 4.69) is 49.2 Å². The molecule has 0 saturated carbocycles. The first kappa shape index (κ1) is 13.5. The van der Waals surface area contributed by atoms with Gasteiger partial charge in [-0.25, -0.2) is 4.39 Å². The Morgan fingerprint density at radius 1 is 0.810 bits per heavy atom. The molecule has 0 fully saturated rings. The maximum atomic E-state index is 13.0. The van der Waals surface area contributed by atoms with Gasteiger partial charge in [0.1, 0.15) is 5.82 Å². The molecule has 0 atom stereocenters. The van der Waals surface area contributed by atoms with Crippen LogP contribution in [0.15, 0.2) is 60.8 Å². The minimum absolute atomic E-state index is 0.222. The summed E-state index contributed by atoms with van der Waals surface area (Å²) >= 11 is 0. The molecule has 2 aromatic carbocycles. The SMILES string of the molecule is Cc1ccc(-c2cc(C)c(-c3ccc(F)cc3)cn2)cc1. The first-order valence-corrected chi connectivity index (χ1v) is 6.93. The highest BCUT2D eigenvalue weighted by molar-refractivity contribution is 5.70. The van der Waals surface area contributed by atoms with E-state index in [1.165, 1.54) is 17.7 Å². The molecular formula is C19H16FN. The van der Waals surface area contributed by atoms with Crippen molar-refractivity contribution in [1.29, 1.82) is 0 Å². The Kier molecular flexibility index (Phi) is 3.53. The molecule has 0 aliphatic rings. The van der Waals surface area contributed by atoms with Crippen molar-refractivity contribution in [2.24, 2.45) is 0 Å². The summed E-state index contributed by atoms with van der Waals surface area (Å²) in [5, 5.41) is 0. The Hall–Kier alpha value is -2.48. The highest BCUT2D eigenvalue weighted by Gasteiger charge is 2.06. The fraction of sp³-hybridized carbons (Fsp3) is 0.105. The summed E-state index contributed by atoms with van der Waals surface area (Å²) in [5.74, 6) is -0.222. The smallest absolute Gasteiger partial charge is 0.123 e. The molecule has 0 radical (unpaired) electrons. The molecule has 1 heterocycles. The van der Waals surface area contributed by atoms with E-state index in [-0.39, 0.29) is 5.82 Å². The van der Waals surface area contributed by atoms with Crippen LogP contribution in [0, 0.1) is 19.7 Å². The summed E-state index contributed by atoms with van der Waals surface area (Å²) < 4.78 is 13.0. The van der Waals surface area contributed by atoms with Gasteiger partial charge in [0.15, 0.2) is 0 Å². The second kappa shape index (κ2) is 5.49. The van der Waals surface area contributed by atoms with Crippen LogP contribution in [0.5, 0.6) is 0 Å². The predicted octanol–water partition coefficient (Wildman–Crippen LogP) is 5.17. The van der Waals surface area contributed by atoms with Crippen molar-refractivity contribution in [2.75, 3.05) is 0 Å². The van der Waals surface area contributed by atoms with Gasteiger partial charge >= 0.3 is 0 Å². The number of benzene rings is 2. The van der Waals surface area contributed by atoms with Crippen LogP contribution in [-0.4, -0.2) is 4.98 Å². The lowest BCUT2D eigenvalue weighted by atomic mass is 10.0. The molecule has 2 heteroatoms. The number of pyridine rings is 1. The van der Waals surface area contributed by atoms with Gasteiger partial charge in [-0.15, -0.1) is 0 Å². The lowest BCUT2D eigenvalue weighted by Crippen LogP contribution is -1.90. The van der Waals surface area contributed by atoms with Crippen LogP contribution in [0.2, 0.25) is 0 Å². The van der Waals surface area contributed by atoms with Crippen molar-refractivity contribution < 1.29 is 4.39 Å². The third kappa shape index (κ3) is 2.84. The Morgan fingerprint density at radius 3 is 2.05 bits per heavy atom. The molecule has 21 heavy (non-hydrogen) atoms. The van der Waals surface area contributed by atoms with E-state index < -0.39 is 0 Å². The number of nitrogens with zero attached hydrogens (tertiary/aromatic N) is 1. The molecule has 104 valence electrons. The van der Waals surface area contributed by atoms with Crippen LogP contribution in [0.4, 0.5) is 4.39 Å². The first-order chi connectivity index (χ1) is 10.1. The molecule has 0 spiro atoms. The van der Waals surface area contributed by atoms with Crippen LogP contribution in [-0.2, 0) is 0 Å². The molecule has 3 aromatic rings. The summed E-state index contributed by atoms with van der Waals surface area (Å²) in [6.07, 6.45) is 1.86. The fourth-order valence-corrected chi connectivity index (χ4v) is 2.37. The highest BCUT2D eigenvalue weighted by Crippen LogP contribution is 2.26. The maximum absolute atomic E-state index is 13.0. The number of rotatable bonds is 2. The molecule has 0 N–H and O–H groups in total. The quantitative estimate of drug-likeness (QED) is 0.629. The minimum atomic E-state index is -0.222. The highest BCUT2D eigenvalue weighted by atomic mass is 19.1. The normalized spacial score (nSPS) is 10.6. The van der Waals surface area contributed by atoms with E-state index in [4.69, 9.17) is 0 Å². The summed E-state index contributed by atoms with van der Waals surface area (Å²) in [6, 6.07) is 16.9. The largest absolute Gasteiger partial charge is 0.256 e. The van der Waals surface area contributed by atoms with Gasteiger partial charge in [0, 0.05) is 17.3 Å². The maximum Gasteiger partial charge on any atom is 0.123 e. The van der Waals surface area contributed by atoms with Crippen molar-refractivity contribution in [3.05, 3.63) is 77.7 Å². The predicted molar refractivity (Wildman–Crippen MR) is 84.5 cm³/mol. The Labute approximate surface area is 124 Å². The average Bonchev–Trinajstić information content (AvgIpc) is 2.49. The zero-order chi connectivity index (χ0) is 14.8. The molecule has 3 rings (SSSR count). The summed E-state index contributed by atoms with van der Waals surface area (Å²) in [6.45, 7) is 4.12. The topological polar surface area (TPSA) is 12.9 Å². The Balaban J connectivity index is 1.99. The molecule has 1 nitrogen and oxygen atoms in total. The van der Waals surface area contributed by atoms with Gasteiger partial charge in [-0.05, 0) is 43.2 Å². The molecule has 1 aromatic heterocycles. The third-order valence-electron chi connectivity index (χ3n) is 3.61. The number of hydrogen-bond acceptors (Lipinski definition) is 1.